The lowest BCUT2D eigenvalue weighted by molar-refractivity contribution is 0.476. The van der Waals surface area contributed by atoms with Crippen LogP contribution in [0.15, 0.2) is 30.3 Å². The van der Waals surface area contributed by atoms with Crippen LogP contribution in [0.5, 0.6) is 0 Å². The van der Waals surface area contributed by atoms with Crippen LogP contribution in [0.1, 0.15) is 5.56 Å². The molecule has 1 aromatic rings. The molecule has 0 atom stereocenters. The van der Waals surface area contributed by atoms with E-state index in [-0.39, 0.29) is 5.88 Å². The average Bonchev–Trinajstić information content (AvgIpc) is 2.13. The molecule has 78 valence electrons. The van der Waals surface area contributed by atoms with Gasteiger partial charge in [-0.2, -0.15) is 8.42 Å². The highest BCUT2D eigenvalue weighted by Gasteiger charge is 2.01. The third kappa shape index (κ3) is 4.96. The standard InChI is InChI=1S/C9H13NO3S/c11-14(12,13)8-10-7-6-9-4-2-1-3-5-9/h1-5,10H,6-8H2,(H,11,12,13). The number of hydrogen-bond acceptors (Lipinski definition) is 3. The van der Waals surface area contributed by atoms with E-state index in [4.69, 9.17) is 4.55 Å². The monoisotopic (exact) mass is 215 g/mol. The van der Waals surface area contributed by atoms with Crippen molar-refractivity contribution in [3.63, 3.8) is 0 Å². The summed E-state index contributed by atoms with van der Waals surface area (Å²) in [5.41, 5.74) is 1.13. The summed E-state index contributed by atoms with van der Waals surface area (Å²) in [5.74, 6) is -0.389. The van der Waals surface area contributed by atoms with Crippen LogP contribution in [0.25, 0.3) is 0 Å². The molecule has 0 aliphatic carbocycles. The van der Waals surface area contributed by atoms with Crippen molar-refractivity contribution in [3.8, 4) is 0 Å². The second-order valence-electron chi connectivity index (χ2n) is 2.96. The molecule has 0 bridgehead atoms. The Morgan fingerprint density at radius 2 is 1.86 bits per heavy atom. The lowest BCUT2D eigenvalue weighted by atomic mass is 10.2. The molecule has 14 heavy (non-hydrogen) atoms. The van der Waals surface area contributed by atoms with E-state index in [1.165, 1.54) is 0 Å². The summed E-state index contributed by atoms with van der Waals surface area (Å²) in [5, 5.41) is 2.64. The molecule has 5 heteroatoms. The number of rotatable bonds is 5. The summed E-state index contributed by atoms with van der Waals surface area (Å²) in [4.78, 5) is 0. The highest BCUT2D eigenvalue weighted by atomic mass is 32.2. The summed E-state index contributed by atoms with van der Waals surface area (Å²) in [6, 6.07) is 9.72. The van der Waals surface area contributed by atoms with Gasteiger partial charge in [-0.25, -0.2) is 0 Å². The zero-order valence-electron chi connectivity index (χ0n) is 7.68. The van der Waals surface area contributed by atoms with E-state index in [0.29, 0.717) is 6.54 Å². The Bertz CT molecular complexity index is 361. The van der Waals surface area contributed by atoms with E-state index in [9.17, 15) is 8.42 Å². The summed E-state index contributed by atoms with van der Waals surface area (Å²) >= 11 is 0. The molecule has 4 nitrogen and oxygen atoms in total. The van der Waals surface area contributed by atoms with E-state index in [1.54, 1.807) is 0 Å². The molecule has 0 spiro atoms. The zero-order chi connectivity index (χ0) is 10.4. The molecule has 0 fully saturated rings. The Morgan fingerprint density at radius 3 is 2.43 bits per heavy atom. The molecular weight excluding hydrogens is 202 g/mol. The van der Waals surface area contributed by atoms with Crippen LogP contribution in [-0.4, -0.2) is 25.4 Å². The molecule has 0 aliphatic heterocycles. The van der Waals surface area contributed by atoms with E-state index in [1.807, 2.05) is 30.3 Å². The first-order valence-corrected chi connectivity index (χ1v) is 5.89. The normalized spacial score (nSPS) is 11.5. The molecule has 0 aromatic heterocycles. The first kappa shape index (κ1) is 11.2. The summed E-state index contributed by atoms with van der Waals surface area (Å²) in [7, 11) is -3.89. The minimum atomic E-state index is -3.89. The third-order valence-corrected chi connectivity index (χ3v) is 2.29. The summed E-state index contributed by atoms with van der Waals surface area (Å²) < 4.78 is 29.1. The quantitative estimate of drug-likeness (QED) is 0.559. The predicted molar refractivity (Wildman–Crippen MR) is 54.6 cm³/mol. The molecular formula is C9H13NO3S. The van der Waals surface area contributed by atoms with E-state index < -0.39 is 10.1 Å². The molecule has 0 aliphatic rings. The minimum Gasteiger partial charge on any atom is -0.301 e. The highest BCUT2D eigenvalue weighted by Crippen LogP contribution is 1.97. The van der Waals surface area contributed by atoms with Gasteiger partial charge in [0, 0.05) is 6.54 Å². The lowest BCUT2D eigenvalue weighted by Gasteiger charge is -2.02. The van der Waals surface area contributed by atoms with Crippen molar-refractivity contribution in [1.29, 1.82) is 0 Å². The second kappa shape index (κ2) is 5.09. The van der Waals surface area contributed by atoms with Gasteiger partial charge in [-0.05, 0) is 12.0 Å². The Hall–Kier alpha value is -0.910. The molecule has 1 rings (SSSR count). The number of benzene rings is 1. The second-order valence-corrected chi connectivity index (χ2v) is 4.41. The van der Waals surface area contributed by atoms with Crippen LogP contribution in [-0.2, 0) is 16.5 Å². The fourth-order valence-electron chi connectivity index (χ4n) is 1.08. The maximum atomic E-state index is 10.3. The Labute approximate surface area is 83.7 Å². The summed E-state index contributed by atoms with van der Waals surface area (Å²) in [6.45, 7) is 0.532. The van der Waals surface area contributed by atoms with Gasteiger partial charge in [-0.3, -0.25) is 4.55 Å². The van der Waals surface area contributed by atoms with Crippen LogP contribution < -0.4 is 5.32 Å². The molecule has 0 heterocycles. The summed E-state index contributed by atoms with van der Waals surface area (Å²) in [6.07, 6.45) is 0.746. The molecule has 0 radical (unpaired) electrons. The lowest BCUT2D eigenvalue weighted by Crippen LogP contribution is -2.24. The first-order chi connectivity index (χ1) is 6.58. The van der Waals surface area contributed by atoms with Crippen molar-refractivity contribution in [1.82, 2.24) is 5.32 Å². The van der Waals surface area contributed by atoms with Gasteiger partial charge in [0.1, 0.15) is 5.88 Å². The van der Waals surface area contributed by atoms with Gasteiger partial charge in [-0.1, -0.05) is 30.3 Å². The Balaban J connectivity index is 2.23. The maximum Gasteiger partial charge on any atom is 0.278 e. The van der Waals surface area contributed by atoms with E-state index in [2.05, 4.69) is 5.32 Å². The number of hydrogen-bond donors (Lipinski definition) is 2. The van der Waals surface area contributed by atoms with Crippen molar-refractivity contribution in [2.24, 2.45) is 0 Å². The average molecular weight is 215 g/mol. The van der Waals surface area contributed by atoms with Gasteiger partial charge in [0.15, 0.2) is 0 Å². The topological polar surface area (TPSA) is 66.4 Å². The number of nitrogens with one attached hydrogen (secondary N) is 1. The van der Waals surface area contributed by atoms with Gasteiger partial charge >= 0.3 is 0 Å². The molecule has 0 saturated carbocycles. The molecule has 1 aromatic carbocycles. The van der Waals surface area contributed by atoms with Gasteiger partial charge < -0.3 is 5.32 Å². The van der Waals surface area contributed by atoms with E-state index >= 15 is 0 Å². The fourth-order valence-corrected chi connectivity index (χ4v) is 1.48. The third-order valence-electron chi connectivity index (χ3n) is 1.72. The molecule has 0 amide bonds. The smallest absolute Gasteiger partial charge is 0.278 e. The predicted octanol–water partition coefficient (Wildman–Crippen LogP) is 0.664. The van der Waals surface area contributed by atoms with Crippen molar-refractivity contribution in [3.05, 3.63) is 35.9 Å². The highest BCUT2D eigenvalue weighted by molar-refractivity contribution is 7.85. The van der Waals surface area contributed by atoms with Crippen LogP contribution >= 0.6 is 0 Å². The minimum absolute atomic E-state index is 0.389. The van der Waals surface area contributed by atoms with Gasteiger partial charge in [0.05, 0.1) is 0 Å². The molecule has 2 N–H and O–H groups in total. The SMILES string of the molecule is O=S(=O)(O)CNCCc1ccccc1. The van der Waals surface area contributed by atoms with Crippen LogP contribution in [0.4, 0.5) is 0 Å². The van der Waals surface area contributed by atoms with Crippen molar-refractivity contribution < 1.29 is 13.0 Å². The maximum absolute atomic E-state index is 10.3. The fraction of sp³-hybridized carbons (Fsp3) is 0.333. The van der Waals surface area contributed by atoms with Crippen LogP contribution in [0.3, 0.4) is 0 Å². The van der Waals surface area contributed by atoms with E-state index in [0.717, 1.165) is 12.0 Å². The van der Waals surface area contributed by atoms with Gasteiger partial charge in [0.25, 0.3) is 10.1 Å². The van der Waals surface area contributed by atoms with Gasteiger partial charge in [-0.15, -0.1) is 0 Å². The first-order valence-electron chi connectivity index (χ1n) is 4.28. The largest absolute Gasteiger partial charge is 0.301 e. The molecule has 0 unspecified atom stereocenters. The molecule has 0 saturated heterocycles. The Morgan fingerprint density at radius 1 is 1.21 bits per heavy atom. The zero-order valence-corrected chi connectivity index (χ0v) is 8.50. The Kier molecular flexibility index (Phi) is 4.06. The van der Waals surface area contributed by atoms with Gasteiger partial charge in [0.2, 0.25) is 0 Å². The van der Waals surface area contributed by atoms with Crippen molar-refractivity contribution in [2.45, 2.75) is 6.42 Å². The van der Waals surface area contributed by atoms with Crippen molar-refractivity contribution >= 4 is 10.1 Å². The van der Waals surface area contributed by atoms with Crippen molar-refractivity contribution in [2.75, 3.05) is 12.4 Å². The van der Waals surface area contributed by atoms with Crippen LogP contribution in [0, 0.1) is 0 Å². The van der Waals surface area contributed by atoms with Crippen LogP contribution in [0.2, 0.25) is 0 Å².